The topological polar surface area (TPSA) is 78.1 Å². The van der Waals surface area contributed by atoms with E-state index in [1.807, 2.05) is 0 Å². The zero-order chi connectivity index (χ0) is 14.6. The lowest BCUT2D eigenvalue weighted by Crippen LogP contribution is -2.20. The van der Waals surface area contributed by atoms with Crippen LogP contribution < -0.4 is 22.2 Å². The van der Waals surface area contributed by atoms with Crippen molar-refractivity contribution in [1.82, 2.24) is 9.13 Å². The van der Waals surface area contributed by atoms with Crippen molar-refractivity contribution in [2.75, 3.05) is 0 Å². The highest BCUT2D eigenvalue weighted by molar-refractivity contribution is 5.98. The van der Waals surface area contributed by atoms with E-state index in [0.29, 0.717) is 0 Å². The van der Waals surface area contributed by atoms with Crippen molar-refractivity contribution in [3.63, 3.8) is 0 Å². The first-order chi connectivity index (χ1) is 9.51. The van der Waals surface area contributed by atoms with Gasteiger partial charge in [0.2, 0.25) is 0 Å². The third-order valence-corrected chi connectivity index (χ3v) is 3.32. The lowest BCUT2D eigenvalue weighted by atomic mass is 10.1. The molecule has 6 nitrogen and oxygen atoms in total. The summed E-state index contributed by atoms with van der Waals surface area (Å²) < 4.78 is 1.69. The normalized spacial score (nSPS) is 11.2. The van der Waals surface area contributed by atoms with Crippen LogP contribution in [-0.2, 0) is 0 Å². The standard InChI is InChI=1S/C14H8N2O4/c1-3-15-11(17)7-5-9-10(6-8(7)12(15)18)14(20)16(4-2)13(9)19/h3-6H,1-2H2. The van der Waals surface area contributed by atoms with Gasteiger partial charge >= 0.3 is 0 Å². The molecule has 0 aliphatic carbocycles. The minimum absolute atomic E-state index is 0.0979. The van der Waals surface area contributed by atoms with E-state index in [4.69, 9.17) is 0 Å². The first-order valence-corrected chi connectivity index (χ1v) is 5.70. The Morgan fingerprint density at radius 3 is 1.10 bits per heavy atom. The highest BCUT2D eigenvalue weighted by atomic mass is 16.2. The molecule has 0 bridgehead atoms. The monoisotopic (exact) mass is 268 g/mol. The summed E-state index contributed by atoms with van der Waals surface area (Å²) in [6, 6.07) is 2.55. The van der Waals surface area contributed by atoms with Crippen LogP contribution in [0.25, 0.3) is 33.9 Å². The largest absolute Gasteiger partial charge is 0.268 e. The molecule has 3 rings (SSSR count). The van der Waals surface area contributed by atoms with Crippen molar-refractivity contribution in [2.24, 2.45) is 0 Å². The van der Waals surface area contributed by atoms with E-state index < -0.39 is 22.2 Å². The van der Waals surface area contributed by atoms with Crippen molar-refractivity contribution in [2.45, 2.75) is 0 Å². The molecule has 0 N–H and O–H groups in total. The smallest absolute Gasteiger partial charge is 0.265 e. The molecule has 0 amide bonds. The fraction of sp³-hybridized carbons (Fsp3) is 0. The Morgan fingerprint density at radius 2 is 0.900 bits per heavy atom. The van der Waals surface area contributed by atoms with E-state index in [0.717, 1.165) is 21.5 Å². The van der Waals surface area contributed by atoms with Gasteiger partial charge in [0, 0.05) is 12.4 Å². The summed E-state index contributed by atoms with van der Waals surface area (Å²) in [5, 5.41) is 0.392. The summed E-state index contributed by atoms with van der Waals surface area (Å²) in [7, 11) is 0. The summed E-state index contributed by atoms with van der Waals surface area (Å²) in [6.07, 6.45) is 2.21. The minimum Gasteiger partial charge on any atom is -0.268 e. The molecule has 0 spiro atoms. The molecule has 0 atom stereocenters. The molecule has 0 radical (unpaired) electrons. The Kier molecular flexibility index (Phi) is 2.25. The van der Waals surface area contributed by atoms with Gasteiger partial charge in [-0.1, -0.05) is 13.2 Å². The second-order valence-corrected chi connectivity index (χ2v) is 4.27. The van der Waals surface area contributed by atoms with Gasteiger partial charge in [-0.05, 0) is 12.1 Å². The molecular formula is C14H8N2O4. The van der Waals surface area contributed by atoms with Crippen LogP contribution in [0, 0.1) is 0 Å². The summed E-state index contributed by atoms with van der Waals surface area (Å²) in [5.41, 5.74) is -2.22. The Bertz CT molecular complexity index is 940. The fourth-order valence-corrected chi connectivity index (χ4v) is 2.34. The molecule has 0 aliphatic heterocycles. The van der Waals surface area contributed by atoms with Gasteiger partial charge in [0.1, 0.15) is 0 Å². The number of fused-ring (bicyclic) bond motifs is 2. The molecule has 2 aromatic heterocycles. The molecule has 0 saturated heterocycles. The van der Waals surface area contributed by atoms with Gasteiger partial charge in [-0.2, -0.15) is 0 Å². The number of aromatic nitrogens is 2. The van der Waals surface area contributed by atoms with Crippen molar-refractivity contribution >= 4 is 33.9 Å². The van der Waals surface area contributed by atoms with E-state index in [1.54, 1.807) is 0 Å². The average Bonchev–Trinajstić information content (AvgIpc) is 2.82. The highest BCUT2D eigenvalue weighted by Crippen LogP contribution is 2.14. The molecule has 3 aromatic rings. The van der Waals surface area contributed by atoms with Crippen LogP contribution in [0.3, 0.4) is 0 Å². The van der Waals surface area contributed by atoms with Crippen LogP contribution in [0.2, 0.25) is 0 Å². The van der Waals surface area contributed by atoms with Crippen molar-refractivity contribution < 1.29 is 0 Å². The van der Waals surface area contributed by atoms with Crippen LogP contribution in [-0.4, -0.2) is 9.13 Å². The number of hydrogen-bond donors (Lipinski definition) is 0. The molecule has 0 fully saturated rings. The average molecular weight is 268 g/mol. The Labute approximate surface area is 110 Å². The lowest BCUT2D eigenvalue weighted by molar-refractivity contribution is 1.06. The number of benzene rings is 1. The van der Waals surface area contributed by atoms with Crippen LogP contribution >= 0.6 is 0 Å². The molecule has 20 heavy (non-hydrogen) atoms. The number of hydrogen-bond acceptors (Lipinski definition) is 4. The first-order valence-electron chi connectivity index (χ1n) is 5.70. The molecule has 2 heterocycles. The van der Waals surface area contributed by atoms with Gasteiger partial charge in [-0.3, -0.25) is 19.2 Å². The summed E-state index contributed by atoms with van der Waals surface area (Å²) in [6.45, 7) is 6.78. The Morgan fingerprint density at radius 1 is 0.650 bits per heavy atom. The molecule has 98 valence electrons. The van der Waals surface area contributed by atoms with E-state index in [-0.39, 0.29) is 21.5 Å². The van der Waals surface area contributed by atoms with Crippen molar-refractivity contribution in [1.29, 1.82) is 0 Å². The summed E-state index contributed by atoms with van der Waals surface area (Å²) >= 11 is 0. The zero-order valence-corrected chi connectivity index (χ0v) is 10.3. The van der Waals surface area contributed by atoms with Crippen LogP contribution in [0.15, 0.2) is 44.5 Å². The van der Waals surface area contributed by atoms with Gasteiger partial charge in [0.25, 0.3) is 22.2 Å². The van der Waals surface area contributed by atoms with E-state index in [1.165, 1.54) is 12.1 Å². The van der Waals surface area contributed by atoms with Crippen LogP contribution in [0.5, 0.6) is 0 Å². The Balaban J connectivity index is 2.71. The van der Waals surface area contributed by atoms with E-state index in [2.05, 4.69) is 13.2 Å². The maximum atomic E-state index is 12.0. The van der Waals surface area contributed by atoms with Gasteiger partial charge < -0.3 is 0 Å². The Hall–Kier alpha value is -3.02. The van der Waals surface area contributed by atoms with E-state index in [9.17, 15) is 19.2 Å². The molecular weight excluding hydrogens is 260 g/mol. The van der Waals surface area contributed by atoms with Crippen LogP contribution in [0.1, 0.15) is 0 Å². The zero-order valence-electron chi connectivity index (χ0n) is 10.3. The first kappa shape index (κ1) is 12.0. The third kappa shape index (κ3) is 1.22. The molecule has 0 aliphatic rings. The van der Waals surface area contributed by atoms with Gasteiger partial charge in [-0.25, -0.2) is 9.13 Å². The van der Waals surface area contributed by atoms with Crippen molar-refractivity contribution in [3.05, 3.63) is 66.7 Å². The number of nitrogens with zero attached hydrogens (tertiary/aromatic N) is 2. The SMILES string of the molecule is C=Cn1c(=O)c2cc3c(=O)n(C=C)c(=O)c3cc2c1=O. The van der Waals surface area contributed by atoms with Crippen LogP contribution in [0.4, 0.5) is 0 Å². The predicted octanol–water partition coefficient (Wildman–Crippen LogP) is 0.113. The van der Waals surface area contributed by atoms with Gasteiger partial charge in [-0.15, -0.1) is 0 Å². The lowest BCUT2D eigenvalue weighted by Gasteiger charge is -1.86. The fourth-order valence-electron chi connectivity index (χ4n) is 2.34. The molecule has 1 aromatic carbocycles. The van der Waals surface area contributed by atoms with E-state index >= 15 is 0 Å². The summed E-state index contributed by atoms with van der Waals surface area (Å²) in [4.78, 5) is 47.9. The molecule has 6 heteroatoms. The van der Waals surface area contributed by atoms with Crippen molar-refractivity contribution in [3.8, 4) is 0 Å². The molecule has 0 unspecified atom stereocenters. The maximum Gasteiger partial charge on any atom is 0.265 e. The highest BCUT2D eigenvalue weighted by Gasteiger charge is 2.17. The number of rotatable bonds is 2. The summed E-state index contributed by atoms with van der Waals surface area (Å²) in [5.74, 6) is 0. The third-order valence-electron chi connectivity index (χ3n) is 3.32. The maximum absolute atomic E-state index is 12.0. The second kappa shape index (κ2) is 3.74. The quantitative estimate of drug-likeness (QED) is 0.661. The second-order valence-electron chi connectivity index (χ2n) is 4.27. The predicted molar refractivity (Wildman–Crippen MR) is 77.7 cm³/mol. The minimum atomic E-state index is -0.555. The van der Waals surface area contributed by atoms with Gasteiger partial charge in [0.05, 0.1) is 21.5 Å². The van der Waals surface area contributed by atoms with Gasteiger partial charge in [0.15, 0.2) is 0 Å². The molecule has 0 saturated carbocycles.